The number of esters is 3. The number of phenolic OH excluding ortho intramolecular Hbond substituents is 1. The van der Waals surface area contributed by atoms with Gasteiger partial charge in [-0.15, -0.1) is 11.8 Å². The summed E-state index contributed by atoms with van der Waals surface area (Å²) in [5.41, 5.74) is 1.66. The topological polar surface area (TPSA) is 108 Å². The number of benzene rings is 2. The van der Waals surface area contributed by atoms with Crippen LogP contribution >= 0.6 is 23.4 Å². The van der Waals surface area contributed by atoms with Crippen LogP contribution in [-0.4, -0.2) is 53.0 Å². The summed E-state index contributed by atoms with van der Waals surface area (Å²) in [7, 11) is 0. The molecule has 1 saturated heterocycles. The van der Waals surface area contributed by atoms with E-state index in [0.717, 1.165) is 11.1 Å². The van der Waals surface area contributed by atoms with E-state index in [1.807, 2.05) is 6.07 Å². The third-order valence-electron chi connectivity index (χ3n) is 5.36. The van der Waals surface area contributed by atoms with Gasteiger partial charge in [0.2, 0.25) is 0 Å². The molecule has 3 rings (SSSR count). The molecular formula is C25H27ClO8S. The lowest BCUT2D eigenvalue weighted by Gasteiger charge is -2.44. The zero-order valence-electron chi connectivity index (χ0n) is 19.7. The van der Waals surface area contributed by atoms with Crippen molar-refractivity contribution in [2.45, 2.75) is 57.0 Å². The van der Waals surface area contributed by atoms with Crippen molar-refractivity contribution in [3.05, 3.63) is 64.2 Å². The maximum atomic E-state index is 12.0. The SMILES string of the molecule is CS[C@H]1O[C@@H](c2ccc(Cl)c(Cc3ccc(O)cc3)c2)[C@H](OC(C)=O)[C@@H](OC(C)=O)[C@@H]1OC(C)=O. The minimum atomic E-state index is -1.09. The Morgan fingerprint density at radius 3 is 2.06 bits per heavy atom. The molecule has 188 valence electrons. The van der Waals surface area contributed by atoms with Gasteiger partial charge in [0.05, 0.1) is 0 Å². The molecule has 2 aromatic carbocycles. The minimum absolute atomic E-state index is 0.162. The van der Waals surface area contributed by atoms with E-state index in [0.29, 0.717) is 17.0 Å². The zero-order chi connectivity index (χ0) is 25.7. The molecule has 0 radical (unpaired) electrons. The van der Waals surface area contributed by atoms with Crippen molar-refractivity contribution in [3.8, 4) is 5.75 Å². The largest absolute Gasteiger partial charge is 0.508 e. The Kier molecular flexibility index (Phi) is 9.04. The maximum Gasteiger partial charge on any atom is 0.303 e. The second-order valence-corrected chi connectivity index (χ2v) is 9.42. The van der Waals surface area contributed by atoms with Gasteiger partial charge in [-0.2, -0.15) is 0 Å². The van der Waals surface area contributed by atoms with Crippen molar-refractivity contribution in [1.29, 1.82) is 0 Å². The highest BCUT2D eigenvalue weighted by molar-refractivity contribution is 7.99. The first kappa shape index (κ1) is 26.8. The molecular weight excluding hydrogens is 496 g/mol. The zero-order valence-corrected chi connectivity index (χ0v) is 21.3. The molecule has 1 N–H and O–H groups in total. The first-order valence-electron chi connectivity index (χ1n) is 10.8. The van der Waals surface area contributed by atoms with E-state index in [9.17, 15) is 19.5 Å². The monoisotopic (exact) mass is 522 g/mol. The molecule has 8 nitrogen and oxygen atoms in total. The Morgan fingerprint density at radius 2 is 1.49 bits per heavy atom. The summed E-state index contributed by atoms with van der Waals surface area (Å²) in [4.78, 5) is 35.8. The molecule has 2 aromatic rings. The van der Waals surface area contributed by atoms with Crippen molar-refractivity contribution in [3.63, 3.8) is 0 Å². The van der Waals surface area contributed by atoms with E-state index >= 15 is 0 Å². The molecule has 0 amide bonds. The van der Waals surface area contributed by atoms with Gasteiger partial charge in [0.15, 0.2) is 18.3 Å². The van der Waals surface area contributed by atoms with Crippen molar-refractivity contribution >= 4 is 41.3 Å². The lowest BCUT2D eigenvalue weighted by atomic mass is 9.92. The Hall–Kier alpha value is -2.75. The van der Waals surface area contributed by atoms with Crippen molar-refractivity contribution in [1.82, 2.24) is 0 Å². The third kappa shape index (κ3) is 6.90. The highest BCUT2D eigenvalue weighted by Crippen LogP contribution is 2.41. The molecule has 0 bridgehead atoms. The summed E-state index contributed by atoms with van der Waals surface area (Å²) in [6.07, 6.45) is -1.74. The van der Waals surface area contributed by atoms with Gasteiger partial charge in [-0.25, -0.2) is 0 Å². The normalized spacial score (nSPS) is 23.9. The molecule has 1 fully saturated rings. The number of carbonyl (C=O) groups is 3. The van der Waals surface area contributed by atoms with Gasteiger partial charge >= 0.3 is 17.9 Å². The van der Waals surface area contributed by atoms with Crippen LogP contribution in [-0.2, 0) is 39.8 Å². The number of halogens is 1. The van der Waals surface area contributed by atoms with E-state index < -0.39 is 47.8 Å². The van der Waals surface area contributed by atoms with E-state index in [4.69, 9.17) is 30.5 Å². The molecule has 1 aliphatic rings. The van der Waals surface area contributed by atoms with Gasteiger partial charge in [-0.3, -0.25) is 14.4 Å². The standard InChI is InChI=1S/C25H27ClO8S/c1-13(27)31-22-21(34-25(35-4)24(33-15(3)29)23(22)32-14(2)28)17-7-10-20(26)18(12-17)11-16-5-8-19(30)9-6-16/h5-10,12,21-25,30H,11H2,1-4H3/t21-,22-,23+,24-,25+/m0/s1. The summed E-state index contributed by atoms with van der Waals surface area (Å²) >= 11 is 7.74. The number of hydrogen-bond donors (Lipinski definition) is 1. The number of rotatable bonds is 7. The molecule has 35 heavy (non-hydrogen) atoms. The Bertz CT molecular complexity index is 1070. The molecule has 0 saturated carbocycles. The first-order chi connectivity index (χ1) is 16.6. The number of thioether (sulfide) groups is 1. The molecule has 0 aliphatic carbocycles. The van der Waals surface area contributed by atoms with Gasteiger partial charge in [0, 0.05) is 25.8 Å². The average molecular weight is 523 g/mol. The molecule has 0 unspecified atom stereocenters. The third-order valence-corrected chi connectivity index (χ3v) is 6.58. The van der Waals surface area contributed by atoms with Gasteiger partial charge in [-0.1, -0.05) is 35.9 Å². The van der Waals surface area contributed by atoms with Gasteiger partial charge in [-0.05, 0) is 47.6 Å². The highest BCUT2D eigenvalue weighted by atomic mass is 35.5. The quantitative estimate of drug-likeness (QED) is 0.423. The molecule has 0 spiro atoms. The summed E-state index contributed by atoms with van der Waals surface area (Å²) in [5.74, 6) is -1.65. The summed E-state index contributed by atoms with van der Waals surface area (Å²) in [6.45, 7) is 3.71. The lowest BCUT2D eigenvalue weighted by molar-refractivity contribution is -0.233. The van der Waals surface area contributed by atoms with Crippen LogP contribution in [0.15, 0.2) is 42.5 Å². The minimum Gasteiger partial charge on any atom is -0.508 e. The van der Waals surface area contributed by atoms with Crippen LogP contribution in [0.1, 0.15) is 43.6 Å². The maximum absolute atomic E-state index is 12.0. The second-order valence-electron chi connectivity index (χ2n) is 8.08. The second kappa shape index (κ2) is 11.8. The Morgan fingerprint density at radius 1 is 0.914 bits per heavy atom. The summed E-state index contributed by atoms with van der Waals surface area (Å²) in [6, 6.07) is 12.1. The Balaban J connectivity index is 2.03. The predicted octanol–water partition coefficient (Wildman–Crippen LogP) is 4.19. The fourth-order valence-electron chi connectivity index (χ4n) is 3.97. The van der Waals surface area contributed by atoms with Gasteiger partial charge in [0.25, 0.3) is 0 Å². The van der Waals surface area contributed by atoms with Gasteiger partial charge < -0.3 is 24.1 Å². The van der Waals surface area contributed by atoms with Crippen LogP contribution in [0, 0.1) is 0 Å². The molecule has 1 heterocycles. The summed E-state index contributed by atoms with van der Waals surface area (Å²) in [5, 5.41) is 10.1. The number of ether oxygens (including phenoxy) is 4. The number of phenols is 1. The molecule has 10 heteroatoms. The molecule has 5 atom stereocenters. The first-order valence-corrected chi connectivity index (χ1v) is 12.5. The van der Waals surface area contributed by atoms with E-state index in [1.165, 1.54) is 32.5 Å². The predicted molar refractivity (Wildman–Crippen MR) is 130 cm³/mol. The Labute approximate surface area is 212 Å². The van der Waals surface area contributed by atoms with Crippen molar-refractivity contribution < 1.29 is 38.4 Å². The average Bonchev–Trinajstić information content (AvgIpc) is 2.78. The van der Waals surface area contributed by atoms with Crippen LogP contribution in [0.5, 0.6) is 5.75 Å². The lowest BCUT2D eigenvalue weighted by Crippen LogP contribution is -2.57. The smallest absolute Gasteiger partial charge is 0.303 e. The fraction of sp³-hybridized carbons (Fsp3) is 0.400. The number of aromatic hydroxyl groups is 1. The number of hydrogen-bond acceptors (Lipinski definition) is 9. The van der Waals surface area contributed by atoms with Crippen molar-refractivity contribution in [2.75, 3.05) is 6.26 Å². The van der Waals surface area contributed by atoms with Gasteiger partial charge in [0.1, 0.15) is 17.3 Å². The fourth-order valence-corrected chi connectivity index (χ4v) is 4.87. The van der Waals surface area contributed by atoms with E-state index in [2.05, 4.69) is 0 Å². The van der Waals surface area contributed by atoms with Crippen LogP contribution in [0.2, 0.25) is 5.02 Å². The van der Waals surface area contributed by atoms with Crippen LogP contribution in [0.25, 0.3) is 0 Å². The van der Waals surface area contributed by atoms with E-state index in [-0.39, 0.29) is 5.75 Å². The van der Waals surface area contributed by atoms with Crippen LogP contribution in [0.4, 0.5) is 0 Å². The van der Waals surface area contributed by atoms with Crippen LogP contribution < -0.4 is 0 Å². The van der Waals surface area contributed by atoms with E-state index in [1.54, 1.807) is 42.7 Å². The van der Waals surface area contributed by atoms with Crippen molar-refractivity contribution in [2.24, 2.45) is 0 Å². The molecule has 1 aliphatic heterocycles. The summed E-state index contributed by atoms with van der Waals surface area (Å²) < 4.78 is 22.8. The number of carbonyl (C=O) groups excluding carboxylic acids is 3. The highest BCUT2D eigenvalue weighted by Gasteiger charge is 2.52. The van der Waals surface area contributed by atoms with Crippen LogP contribution in [0.3, 0.4) is 0 Å². The molecule has 0 aromatic heterocycles.